The molecule has 0 atom stereocenters. The van der Waals surface area contributed by atoms with E-state index in [2.05, 4.69) is 23.7 Å². The largest absolute Gasteiger partial charge is 0.263 e. The van der Waals surface area contributed by atoms with E-state index >= 15 is 0 Å². The van der Waals surface area contributed by atoms with Crippen molar-refractivity contribution in [3.05, 3.63) is 47.7 Å². The Balaban J connectivity index is 2.26. The molecule has 0 radical (unpaired) electrons. The third kappa shape index (κ3) is 0.984. The Hall–Kier alpha value is -1.37. The number of allylic oxidation sites excluding steroid dienone is 6. The van der Waals surface area contributed by atoms with E-state index < -0.39 is 0 Å². The van der Waals surface area contributed by atoms with E-state index in [-0.39, 0.29) is 0 Å². The molecule has 0 aromatic heterocycles. The van der Waals surface area contributed by atoms with Gasteiger partial charge >= 0.3 is 0 Å². The quantitative estimate of drug-likeness (QED) is 0.526. The van der Waals surface area contributed by atoms with E-state index in [1.165, 1.54) is 16.7 Å². The van der Waals surface area contributed by atoms with Crippen LogP contribution in [-0.2, 0) is 0 Å². The molecule has 1 aliphatic heterocycles. The van der Waals surface area contributed by atoms with Crippen LogP contribution in [0.25, 0.3) is 0 Å². The predicted molar refractivity (Wildman–Crippen MR) is 47.6 cm³/mol. The summed E-state index contributed by atoms with van der Waals surface area (Å²) in [6, 6.07) is 0. The standard InChI is InChI=1S/C10H9N/c1-2-3-8-4-9-6-11-7-10(9)5-8/h2,4-7H,1,3H2. The normalized spacial score (nSPS) is 19.1. The zero-order valence-corrected chi connectivity index (χ0v) is 6.25. The van der Waals surface area contributed by atoms with E-state index in [9.17, 15) is 0 Å². The molecular weight excluding hydrogens is 134 g/mol. The number of hydrogen-bond acceptors (Lipinski definition) is 1. The molecule has 2 rings (SSSR count). The molecule has 0 aromatic carbocycles. The first-order chi connectivity index (χ1) is 5.40. The van der Waals surface area contributed by atoms with Crippen molar-refractivity contribution in [3.8, 4) is 0 Å². The number of aliphatic imine (C=N–C) groups is 1. The van der Waals surface area contributed by atoms with Crippen molar-refractivity contribution in [1.82, 2.24) is 0 Å². The lowest BCUT2D eigenvalue weighted by Gasteiger charge is -1.87. The van der Waals surface area contributed by atoms with Crippen molar-refractivity contribution < 1.29 is 0 Å². The van der Waals surface area contributed by atoms with E-state index in [0.717, 1.165) is 6.42 Å². The minimum absolute atomic E-state index is 0.953. The zero-order valence-electron chi connectivity index (χ0n) is 6.25. The van der Waals surface area contributed by atoms with Gasteiger partial charge in [-0.1, -0.05) is 6.08 Å². The molecule has 11 heavy (non-hydrogen) atoms. The highest BCUT2D eigenvalue weighted by atomic mass is 14.7. The number of nitrogens with zero attached hydrogens (tertiary/aromatic N) is 1. The minimum Gasteiger partial charge on any atom is -0.263 e. The molecule has 0 saturated heterocycles. The van der Waals surface area contributed by atoms with E-state index in [0.29, 0.717) is 0 Å². The lowest BCUT2D eigenvalue weighted by molar-refractivity contribution is 1.31. The second-order valence-corrected chi connectivity index (χ2v) is 2.67. The molecule has 0 unspecified atom stereocenters. The summed E-state index contributed by atoms with van der Waals surface area (Å²) < 4.78 is 0. The Bertz CT molecular complexity index is 314. The van der Waals surface area contributed by atoms with Gasteiger partial charge in [0.05, 0.1) is 0 Å². The van der Waals surface area contributed by atoms with Gasteiger partial charge in [0.2, 0.25) is 0 Å². The molecule has 0 amide bonds. The molecule has 0 aromatic rings. The molecule has 1 heteroatoms. The van der Waals surface area contributed by atoms with Crippen LogP contribution in [0.5, 0.6) is 0 Å². The Morgan fingerprint density at radius 3 is 3.00 bits per heavy atom. The van der Waals surface area contributed by atoms with Gasteiger partial charge in [0.1, 0.15) is 0 Å². The fourth-order valence-electron chi connectivity index (χ4n) is 1.31. The van der Waals surface area contributed by atoms with Gasteiger partial charge < -0.3 is 0 Å². The molecule has 0 spiro atoms. The smallest absolute Gasteiger partial charge is 0.0347 e. The van der Waals surface area contributed by atoms with Crippen molar-refractivity contribution in [2.75, 3.05) is 0 Å². The highest BCUT2D eigenvalue weighted by Gasteiger charge is 2.11. The molecular formula is C10H9N. The van der Waals surface area contributed by atoms with Gasteiger partial charge in [0, 0.05) is 23.6 Å². The van der Waals surface area contributed by atoms with Crippen LogP contribution in [0.4, 0.5) is 0 Å². The summed E-state index contributed by atoms with van der Waals surface area (Å²) >= 11 is 0. The van der Waals surface area contributed by atoms with Crippen LogP contribution < -0.4 is 0 Å². The van der Waals surface area contributed by atoms with Gasteiger partial charge in [0.25, 0.3) is 0 Å². The topological polar surface area (TPSA) is 12.4 Å². The van der Waals surface area contributed by atoms with Crippen LogP contribution in [0.1, 0.15) is 6.42 Å². The third-order valence-electron chi connectivity index (χ3n) is 1.82. The van der Waals surface area contributed by atoms with E-state index in [1.807, 2.05) is 18.5 Å². The van der Waals surface area contributed by atoms with Crippen LogP contribution in [-0.4, -0.2) is 6.21 Å². The van der Waals surface area contributed by atoms with E-state index in [1.54, 1.807) is 0 Å². The zero-order chi connectivity index (χ0) is 7.68. The Labute approximate surface area is 66.1 Å². The average molecular weight is 143 g/mol. The van der Waals surface area contributed by atoms with Crippen LogP contribution >= 0.6 is 0 Å². The number of hydrogen-bond donors (Lipinski definition) is 0. The van der Waals surface area contributed by atoms with Crippen molar-refractivity contribution in [2.24, 2.45) is 4.99 Å². The first-order valence-corrected chi connectivity index (χ1v) is 3.67. The lowest BCUT2D eigenvalue weighted by Crippen LogP contribution is -1.74. The highest BCUT2D eigenvalue weighted by molar-refractivity contribution is 5.92. The summed E-state index contributed by atoms with van der Waals surface area (Å²) in [5, 5.41) is 0. The SMILES string of the molecule is C=CCC1=CC2=CN=CC2=C1. The van der Waals surface area contributed by atoms with Gasteiger partial charge in [-0.15, -0.1) is 6.58 Å². The van der Waals surface area contributed by atoms with Crippen LogP contribution in [0, 0.1) is 0 Å². The highest BCUT2D eigenvalue weighted by Crippen LogP contribution is 2.27. The second kappa shape index (κ2) is 2.35. The monoisotopic (exact) mass is 143 g/mol. The summed E-state index contributed by atoms with van der Waals surface area (Å²) in [6.07, 6.45) is 11.0. The number of rotatable bonds is 2. The van der Waals surface area contributed by atoms with Crippen molar-refractivity contribution in [2.45, 2.75) is 6.42 Å². The summed E-state index contributed by atoms with van der Waals surface area (Å²) in [5.74, 6) is 0. The van der Waals surface area contributed by atoms with Crippen LogP contribution in [0.2, 0.25) is 0 Å². The fourth-order valence-corrected chi connectivity index (χ4v) is 1.31. The molecule has 0 fully saturated rings. The van der Waals surface area contributed by atoms with Crippen molar-refractivity contribution in [1.29, 1.82) is 0 Å². The van der Waals surface area contributed by atoms with Crippen LogP contribution in [0.15, 0.2) is 52.7 Å². The molecule has 54 valence electrons. The molecule has 0 saturated carbocycles. The first kappa shape index (κ1) is 6.35. The van der Waals surface area contributed by atoms with Gasteiger partial charge in [-0.25, -0.2) is 0 Å². The fraction of sp³-hybridized carbons (Fsp3) is 0.100. The maximum absolute atomic E-state index is 4.04. The van der Waals surface area contributed by atoms with Crippen LogP contribution in [0.3, 0.4) is 0 Å². The van der Waals surface area contributed by atoms with Gasteiger partial charge in [-0.05, 0) is 24.1 Å². The van der Waals surface area contributed by atoms with E-state index in [4.69, 9.17) is 0 Å². The predicted octanol–water partition coefficient (Wildman–Crippen LogP) is 2.40. The minimum atomic E-state index is 0.953. The first-order valence-electron chi connectivity index (χ1n) is 3.67. The van der Waals surface area contributed by atoms with Crippen molar-refractivity contribution in [3.63, 3.8) is 0 Å². The number of fused-ring (bicyclic) bond motifs is 1. The van der Waals surface area contributed by atoms with Gasteiger partial charge in [-0.3, -0.25) is 4.99 Å². The Kier molecular flexibility index (Phi) is 1.35. The lowest BCUT2D eigenvalue weighted by atomic mass is 10.2. The molecule has 0 bridgehead atoms. The van der Waals surface area contributed by atoms with Gasteiger partial charge in [-0.2, -0.15) is 0 Å². The maximum atomic E-state index is 4.04. The summed E-state index contributed by atoms with van der Waals surface area (Å²) in [4.78, 5) is 4.04. The molecule has 1 nitrogen and oxygen atoms in total. The summed E-state index contributed by atoms with van der Waals surface area (Å²) in [5.41, 5.74) is 3.80. The third-order valence-corrected chi connectivity index (χ3v) is 1.82. The molecule has 2 aliphatic rings. The molecule has 0 N–H and O–H groups in total. The Morgan fingerprint density at radius 1 is 1.36 bits per heavy atom. The van der Waals surface area contributed by atoms with Gasteiger partial charge in [0.15, 0.2) is 0 Å². The summed E-state index contributed by atoms with van der Waals surface area (Å²) in [6.45, 7) is 3.69. The summed E-state index contributed by atoms with van der Waals surface area (Å²) in [7, 11) is 0. The average Bonchev–Trinajstić information content (AvgIpc) is 2.46. The molecule has 1 heterocycles. The second-order valence-electron chi connectivity index (χ2n) is 2.67. The van der Waals surface area contributed by atoms with Crippen molar-refractivity contribution >= 4 is 6.21 Å². The Morgan fingerprint density at radius 2 is 2.27 bits per heavy atom. The maximum Gasteiger partial charge on any atom is 0.0347 e. The molecule has 1 aliphatic carbocycles.